The van der Waals surface area contributed by atoms with Gasteiger partial charge < -0.3 is 0 Å². The molecular formula is C13H16F3NO4. The summed E-state index contributed by atoms with van der Waals surface area (Å²) in [5.41, 5.74) is -1.28. The van der Waals surface area contributed by atoms with E-state index in [1.807, 2.05) is 0 Å². The highest BCUT2D eigenvalue weighted by Crippen LogP contribution is 2.30. The second-order valence-corrected chi connectivity index (χ2v) is 5.42. The van der Waals surface area contributed by atoms with Crippen molar-refractivity contribution in [2.24, 2.45) is 0 Å². The molecule has 1 aromatic carbocycles. The third-order valence-electron chi connectivity index (χ3n) is 2.34. The van der Waals surface area contributed by atoms with E-state index in [0.29, 0.717) is 0 Å². The lowest BCUT2D eigenvalue weighted by molar-refractivity contribution is -0.513. The van der Waals surface area contributed by atoms with E-state index in [9.17, 15) is 23.3 Å². The highest BCUT2D eigenvalue weighted by Gasteiger charge is 2.31. The Bertz CT molecular complexity index is 480. The molecule has 0 N–H and O–H groups in total. The lowest BCUT2D eigenvalue weighted by atomic mass is 10.1. The molecule has 0 aliphatic carbocycles. The molecule has 1 aromatic rings. The van der Waals surface area contributed by atoms with Crippen LogP contribution >= 0.6 is 0 Å². The summed E-state index contributed by atoms with van der Waals surface area (Å²) in [6.45, 7) is 4.44. The summed E-state index contributed by atoms with van der Waals surface area (Å²) in [6.07, 6.45) is -5.54. The predicted molar refractivity (Wildman–Crippen MR) is 68.0 cm³/mol. The van der Waals surface area contributed by atoms with Crippen LogP contribution in [-0.4, -0.2) is 17.1 Å². The van der Waals surface area contributed by atoms with Gasteiger partial charge >= 0.3 is 6.18 Å². The summed E-state index contributed by atoms with van der Waals surface area (Å²) in [7, 11) is 0. The van der Waals surface area contributed by atoms with Gasteiger partial charge in [-0.2, -0.15) is 13.2 Å². The molecule has 0 saturated heterocycles. The first-order valence-electron chi connectivity index (χ1n) is 6.12. The van der Waals surface area contributed by atoms with Gasteiger partial charge in [0.15, 0.2) is 6.10 Å². The molecule has 118 valence electrons. The third kappa shape index (κ3) is 6.09. The topological polar surface area (TPSA) is 61.6 Å². The van der Waals surface area contributed by atoms with Gasteiger partial charge in [-0.25, -0.2) is 9.78 Å². The van der Waals surface area contributed by atoms with Crippen molar-refractivity contribution >= 4 is 0 Å². The highest BCUT2D eigenvalue weighted by atomic mass is 19.4. The first kappa shape index (κ1) is 17.4. The second kappa shape index (κ2) is 6.40. The predicted octanol–water partition coefficient (Wildman–Crippen LogP) is 3.77. The van der Waals surface area contributed by atoms with Gasteiger partial charge in [-0.3, -0.25) is 10.1 Å². The Labute approximate surface area is 119 Å². The van der Waals surface area contributed by atoms with Gasteiger partial charge in [0.25, 0.3) is 0 Å². The van der Waals surface area contributed by atoms with Crippen molar-refractivity contribution in [1.82, 2.24) is 0 Å². The standard InChI is InChI=1S/C13H16F3NO4/c1-12(2,3)21-20-11(8-17(18)19)9-4-6-10(7-5-9)13(14,15)16/h4-7,11H,8H2,1-3H3/t11-/m1/s1. The Balaban J connectivity index is 2.90. The Morgan fingerprint density at radius 2 is 1.71 bits per heavy atom. The minimum Gasteiger partial charge on any atom is -0.264 e. The van der Waals surface area contributed by atoms with E-state index in [-0.39, 0.29) is 5.56 Å². The average molecular weight is 307 g/mol. The number of nitro groups is 1. The molecule has 0 heterocycles. The maximum atomic E-state index is 12.5. The monoisotopic (exact) mass is 307 g/mol. The number of alkyl halides is 3. The van der Waals surface area contributed by atoms with Gasteiger partial charge in [-0.05, 0) is 38.5 Å². The summed E-state index contributed by atoms with van der Waals surface area (Å²) < 4.78 is 37.4. The molecule has 0 aromatic heterocycles. The zero-order chi connectivity index (χ0) is 16.3. The van der Waals surface area contributed by atoms with Crippen molar-refractivity contribution in [1.29, 1.82) is 0 Å². The third-order valence-corrected chi connectivity index (χ3v) is 2.34. The number of nitrogens with zero attached hydrogens (tertiary/aromatic N) is 1. The molecule has 0 bridgehead atoms. The number of hydrogen-bond acceptors (Lipinski definition) is 4. The van der Waals surface area contributed by atoms with Crippen molar-refractivity contribution in [3.63, 3.8) is 0 Å². The van der Waals surface area contributed by atoms with Gasteiger partial charge in [-0.15, -0.1) is 0 Å². The molecule has 0 saturated carbocycles. The molecule has 0 aliphatic rings. The summed E-state index contributed by atoms with van der Waals surface area (Å²) in [5.74, 6) is 0. The Hall–Kier alpha value is -1.67. The van der Waals surface area contributed by atoms with Crippen LogP contribution in [0.3, 0.4) is 0 Å². The summed E-state index contributed by atoms with van der Waals surface area (Å²) in [6, 6.07) is 3.98. The number of hydrogen-bond donors (Lipinski definition) is 0. The van der Waals surface area contributed by atoms with Crippen LogP contribution in [0.4, 0.5) is 13.2 Å². The largest absolute Gasteiger partial charge is 0.416 e. The molecule has 1 rings (SSSR count). The molecule has 0 spiro atoms. The van der Waals surface area contributed by atoms with E-state index < -0.39 is 34.9 Å². The van der Waals surface area contributed by atoms with Crippen LogP contribution in [0.25, 0.3) is 0 Å². The molecule has 21 heavy (non-hydrogen) atoms. The number of benzene rings is 1. The molecule has 0 amide bonds. The van der Waals surface area contributed by atoms with Gasteiger partial charge in [0.1, 0.15) is 0 Å². The Morgan fingerprint density at radius 1 is 1.19 bits per heavy atom. The average Bonchev–Trinajstić information content (AvgIpc) is 2.32. The fraction of sp³-hybridized carbons (Fsp3) is 0.538. The first-order chi connectivity index (χ1) is 9.49. The lowest BCUT2D eigenvalue weighted by Gasteiger charge is -2.21. The van der Waals surface area contributed by atoms with Gasteiger partial charge in [-0.1, -0.05) is 12.1 Å². The lowest BCUT2D eigenvalue weighted by Crippen LogP contribution is -2.24. The molecule has 0 fully saturated rings. The van der Waals surface area contributed by atoms with Crippen molar-refractivity contribution < 1.29 is 27.9 Å². The van der Waals surface area contributed by atoms with E-state index in [2.05, 4.69) is 0 Å². The maximum absolute atomic E-state index is 12.5. The smallest absolute Gasteiger partial charge is 0.264 e. The van der Waals surface area contributed by atoms with Crippen LogP contribution in [0.5, 0.6) is 0 Å². The van der Waals surface area contributed by atoms with Crippen LogP contribution in [0.1, 0.15) is 38.0 Å². The quantitative estimate of drug-likeness (QED) is 0.472. The molecule has 8 heteroatoms. The Morgan fingerprint density at radius 3 is 2.10 bits per heavy atom. The summed E-state index contributed by atoms with van der Waals surface area (Å²) in [5, 5.41) is 10.6. The Kier molecular flexibility index (Phi) is 5.30. The van der Waals surface area contributed by atoms with E-state index in [4.69, 9.17) is 9.78 Å². The molecule has 0 radical (unpaired) electrons. The van der Waals surface area contributed by atoms with Crippen LogP contribution in [0.2, 0.25) is 0 Å². The first-order valence-corrected chi connectivity index (χ1v) is 6.12. The van der Waals surface area contributed by atoms with Crippen molar-refractivity contribution in [3.05, 3.63) is 45.5 Å². The van der Waals surface area contributed by atoms with E-state index in [1.165, 1.54) is 0 Å². The van der Waals surface area contributed by atoms with Crippen LogP contribution < -0.4 is 0 Å². The van der Waals surface area contributed by atoms with Gasteiger partial charge in [0.2, 0.25) is 6.54 Å². The summed E-state index contributed by atoms with van der Waals surface area (Å²) >= 11 is 0. The minimum absolute atomic E-state index is 0.240. The van der Waals surface area contributed by atoms with E-state index in [1.54, 1.807) is 20.8 Å². The molecule has 5 nitrogen and oxygen atoms in total. The normalized spacial score (nSPS) is 14.0. The van der Waals surface area contributed by atoms with Gasteiger partial charge in [0, 0.05) is 4.92 Å². The SMILES string of the molecule is CC(C)(C)OO[C@H](C[N+](=O)[O-])c1ccc(C(F)(F)F)cc1. The second-order valence-electron chi connectivity index (χ2n) is 5.42. The number of rotatable bonds is 5. The fourth-order valence-corrected chi connectivity index (χ4v) is 1.42. The van der Waals surface area contributed by atoms with Crippen LogP contribution in [-0.2, 0) is 16.0 Å². The van der Waals surface area contributed by atoms with E-state index in [0.717, 1.165) is 24.3 Å². The molecular weight excluding hydrogens is 291 g/mol. The molecule has 0 aliphatic heterocycles. The van der Waals surface area contributed by atoms with E-state index >= 15 is 0 Å². The minimum atomic E-state index is -4.46. The van der Waals surface area contributed by atoms with Crippen molar-refractivity contribution in [3.8, 4) is 0 Å². The maximum Gasteiger partial charge on any atom is 0.416 e. The van der Waals surface area contributed by atoms with Gasteiger partial charge in [0.05, 0.1) is 11.2 Å². The number of halogens is 3. The van der Waals surface area contributed by atoms with Crippen molar-refractivity contribution in [2.75, 3.05) is 6.54 Å². The zero-order valence-corrected chi connectivity index (χ0v) is 11.8. The summed E-state index contributed by atoms with van der Waals surface area (Å²) in [4.78, 5) is 20.0. The zero-order valence-electron chi connectivity index (χ0n) is 11.8. The van der Waals surface area contributed by atoms with Crippen LogP contribution in [0.15, 0.2) is 24.3 Å². The van der Waals surface area contributed by atoms with Crippen molar-refractivity contribution in [2.45, 2.75) is 38.7 Å². The molecule has 1 atom stereocenters. The highest BCUT2D eigenvalue weighted by molar-refractivity contribution is 5.26. The fourth-order valence-electron chi connectivity index (χ4n) is 1.42. The van der Waals surface area contributed by atoms with Crippen LogP contribution in [0, 0.1) is 10.1 Å². The molecule has 0 unspecified atom stereocenters.